The molecule has 0 aliphatic rings. The number of benzene rings is 1. The molecule has 1 atom stereocenters. The lowest BCUT2D eigenvalue weighted by atomic mass is 10.1. The van der Waals surface area contributed by atoms with E-state index in [2.05, 4.69) is 10.1 Å². The third-order valence-corrected chi connectivity index (χ3v) is 2.83. The van der Waals surface area contributed by atoms with Crippen LogP contribution in [-0.4, -0.2) is 14.8 Å². The molecule has 0 saturated carbocycles. The molecular weight excluding hydrogens is 247 g/mol. The third kappa shape index (κ3) is 3.08. The summed E-state index contributed by atoms with van der Waals surface area (Å²) in [6.45, 7) is 4.68. The Bertz CT molecular complexity index is 553. The maximum Gasteiger partial charge on any atom is 0.164 e. The van der Waals surface area contributed by atoms with Crippen LogP contribution in [0, 0.1) is 5.82 Å². The Hall–Kier alpha value is -1.95. The molecular formula is C13H17FN4O. The Labute approximate surface area is 111 Å². The fourth-order valence-electron chi connectivity index (χ4n) is 1.78. The monoisotopic (exact) mass is 264 g/mol. The molecule has 1 aromatic heterocycles. The van der Waals surface area contributed by atoms with Crippen molar-refractivity contribution >= 4 is 0 Å². The standard InChI is InChI=1S/C13H17FN4O/c1-3-18-13(16-8-17-18)7-19-10-4-5-11(9(2)15)12(14)6-10/h4-6,8-9H,3,7,15H2,1-2H3/t9-/m0/s1. The van der Waals surface area contributed by atoms with Crippen LogP contribution in [0.4, 0.5) is 4.39 Å². The summed E-state index contributed by atoms with van der Waals surface area (Å²) in [6.07, 6.45) is 1.47. The number of hydrogen-bond donors (Lipinski definition) is 1. The summed E-state index contributed by atoms with van der Waals surface area (Å²) in [5.74, 6) is 0.802. The lowest BCUT2D eigenvalue weighted by molar-refractivity contribution is 0.285. The van der Waals surface area contributed by atoms with Crippen molar-refractivity contribution in [2.45, 2.75) is 33.0 Å². The number of nitrogens with two attached hydrogens (primary N) is 1. The van der Waals surface area contributed by atoms with Gasteiger partial charge in [0.05, 0.1) is 0 Å². The zero-order chi connectivity index (χ0) is 13.8. The largest absolute Gasteiger partial charge is 0.486 e. The van der Waals surface area contributed by atoms with Gasteiger partial charge in [-0.15, -0.1) is 0 Å². The van der Waals surface area contributed by atoms with Crippen molar-refractivity contribution in [3.8, 4) is 5.75 Å². The fraction of sp³-hybridized carbons (Fsp3) is 0.385. The quantitative estimate of drug-likeness (QED) is 0.897. The Morgan fingerprint density at radius 3 is 2.89 bits per heavy atom. The van der Waals surface area contributed by atoms with Gasteiger partial charge in [0.15, 0.2) is 5.82 Å². The van der Waals surface area contributed by atoms with Gasteiger partial charge in [-0.25, -0.2) is 14.1 Å². The number of aryl methyl sites for hydroxylation is 1. The second-order valence-corrected chi connectivity index (χ2v) is 4.25. The predicted octanol–water partition coefficient (Wildman–Crippen LogP) is 2.04. The minimum absolute atomic E-state index is 0.255. The first-order valence-corrected chi connectivity index (χ1v) is 6.16. The lowest BCUT2D eigenvalue weighted by Gasteiger charge is -2.10. The van der Waals surface area contributed by atoms with Gasteiger partial charge in [0, 0.05) is 24.2 Å². The first kappa shape index (κ1) is 13.5. The lowest BCUT2D eigenvalue weighted by Crippen LogP contribution is -2.09. The van der Waals surface area contributed by atoms with Crippen molar-refractivity contribution in [3.05, 3.63) is 41.7 Å². The van der Waals surface area contributed by atoms with E-state index < -0.39 is 0 Å². The molecule has 0 fully saturated rings. The molecule has 0 aliphatic heterocycles. The van der Waals surface area contributed by atoms with E-state index in [1.807, 2.05) is 6.92 Å². The smallest absolute Gasteiger partial charge is 0.164 e. The van der Waals surface area contributed by atoms with Gasteiger partial charge in [-0.05, 0) is 19.9 Å². The summed E-state index contributed by atoms with van der Waals surface area (Å²) in [7, 11) is 0. The van der Waals surface area contributed by atoms with E-state index in [1.54, 1.807) is 23.7 Å². The van der Waals surface area contributed by atoms with E-state index in [4.69, 9.17) is 10.5 Å². The van der Waals surface area contributed by atoms with Gasteiger partial charge in [-0.1, -0.05) is 6.07 Å². The van der Waals surface area contributed by atoms with Gasteiger partial charge in [0.25, 0.3) is 0 Å². The average molecular weight is 264 g/mol. The zero-order valence-electron chi connectivity index (χ0n) is 11.0. The van der Waals surface area contributed by atoms with E-state index in [9.17, 15) is 4.39 Å². The SMILES string of the molecule is CCn1ncnc1COc1ccc([C@H](C)N)c(F)c1. The Kier molecular flexibility index (Phi) is 4.11. The van der Waals surface area contributed by atoms with Crippen LogP contribution in [-0.2, 0) is 13.2 Å². The van der Waals surface area contributed by atoms with Gasteiger partial charge >= 0.3 is 0 Å². The Balaban J connectivity index is 2.06. The minimum atomic E-state index is -0.357. The normalized spacial score (nSPS) is 12.4. The maximum absolute atomic E-state index is 13.7. The summed E-state index contributed by atoms with van der Waals surface area (Å²) in [4.78, 5) is 4.08. The molecule has 0 saturated heterocycles. The first-order chi connectivity index (χ1) is 9.11. The first-order valence-electron chi connectivity index (χ1n) is 6.16. The van der Waals surface area contributed by atoms with E-state index in [1.165, 1.54) is 12.4 Å². The van der Waals surface area contributed by atoms with E-state index in [0.717, 1.165) is 6.54 Å². The fourth-order valence-corrected chi connectivity index (χ4v) is 1.78. The van der Waals surface area contributed by atoms with Gasteiger partial charge in [-0.3, -0.25) is 0 Å². The number of hydrogen-bond acceptors (Lipinski definition) is 4. The molecule has 6 heteroatoms. The molecule has 5 nitrogen and oxygen atoms in total. The molecule has 2 rings (SSSR count). The van der Waals surface area contributed by atoms with Gasteiger partial charge in [-0.2, -0.15) is 5.10 Å². The van der Waals surface area contributed by atoms with E-state index >= 15 is 0 Å². The molecule has 0 radical (unpaired) electrons. The average Bonchev–Trinajstić information content (AvgIpc) is 2.83. The van der Waals surface area contributed by atoms with Gasteiger partial charge < -0.3 is 10.5 Å². The molecule has 0 aliphatic carbocycles. The number of rotatable bonds is 5. The highest BCUT2D eigenvalue weighted by Crippen LogP contribution is 2.21. The van der Waals surface area contributed by atoms with Crippen LogP contribution in [0.2, 0.25) is 0 Å². The van der Waals surface area contributed by atoms with Crippen LogP contribution in [0.25, 0.3) is 0 Å². The van der Waals surface area contributed by atoms with Gasteiger partial charge in [0.2, 0.25) is 0 Å². The van der Waals surface area contributed by atoms with Crippen LogP contribution in [0.5, 0.6) is 5.75 Å². The molecule has 2 N–H and O–H groups in total. The van der Waals surface area contributed by atoms with Crippen LogP contribution in [0.3, 0.4) is 0 Å². The van der Waals surface area contributed by atoms with Crippen LogP contribution in [0.15, 0.2) is 24.5 Å². The van der Waals surface area contributed by atoms with Crippen molar-refractivity contribution in [3.63, 3.8) is 0 Å². The molecule has 1 aromatic carbocycles. The predicted molar refractivity (Wildman–Crippen MR) is 69.0 cm³/mol. The number of nitrogens with zero attached hydrogens (tertiary/aromatic N) is 3. The zero-order valence-corrected chi connectivity index (χ0v) is 11.0. The molecule has 0 amide bonds. The van der Waals surface area contributed by atoms with Gasteiger partial charge in [0.1, 0.15) is 24.5 Å². The Morgan fingerprint density at radius 1 is 1.47 bits per heavy atom. The molecule has 2 aromatic rings. The van der Waals surface area contributed by atoms with E-state index in [-0.39, 0.29) is 18.5 Å². The molecule has 0 bridgehead atoms. The van der Waals surface area contributed by atoms with Crippen molar-refractivity contribution < 1.29 is 9.13 Å². The second-order valence-electron chi connectivity index (χ2n) is 4.25. The summed E-state index contributed by atoms with van der Waals surface area (Å²) >= 11 is 0. The van der Waals surface area contributed by atoms with Crippen molar-refractivity contribution in [2.75, 3.05) is 0 Å². The number of ether oxygens (including phenoxy) is 1. The third-order valence-electron chi connectivity index (χ3n) is 2.83. The van der Waals surface area contributed by atoms with E-state index in [0.29, 0.717) is 17.1 Å². The summed E-state index contributed by atoms with van der Waals surface area (Å²) in [6, 6.07) is 4.34. The van der Waals surface area contributed by atoms with Crippen molar-refractivity contribution in [1.82, 2.24) is 14.8 Å². The second kappa shape index (κ2) is 5.79. The van der Waals surface area contributed by atoms with Crippen LogP contribution >= 0.6 is 0 Å². The minimum Gasteiger partial charge on any atom is -0.486 e. The Morgan fingerprint density at radius 2 is 2.26 bits per heavy atom. The van der Waals surface area contributed by atoms with Crippen LogP contribution < -0.4 is 10.5 Å². The molecule has 0 unspecified atom stereocenters. The summed E-state index contributed by atoms with van der Waals surface area (Å²) in [5, 5.41) is 4.04. The highest BCUT2D eigenvalue weighted by molar-refractivity contribution is 5.30. The molecule has 1 heterocycles. The highest BCUT2D eigenvalue weighted by Gasteiger charge is 2.09. The summed E-state index contributed by atoms with van der Waals surface area (Å²) in [5.41, 5.74) is 6.13. The summed E-state index contributed by atoms with van der Waals surface area (Å²) < 4.78 is 21.0. The van der Waals surface area contributed by atoms with Crippen molar-refractivity contribution in [1.29, 1.82) is 0 Å². The molecule has 102 valence electrons. The topological polar surface area (TPSA) is 66.0 Å². The highest BCUT2D eigenvalue weighted by atomic mass is 19.1. The number of aromatic nitrogens is 3. The van der Waals surface area contributed by atoms with Crippen LogP contribution in [0.1, 0.15) is 31.3 Å². The molecule has 19 heavy (non-hydrogen) atoms. The maximum atomic E-state index is 13.7. The molecule has 0 spiro atoms. The number of halogens is 1. The van der Waals surface area contributed by atoms with Crippen molar-refractivity contribution in [2.24, 2.45) is 5.73 Å².